The average molecular weight is 491 g/mol. The minimum absolute atomic E-state index is 0.183. The number of hydrogen-bond donors (Lipinski definition) is 0. The van der Waals surface area contributed by atoms with Gasteiger partial charge >= 0.3 is 0 Å². The van der Waals surface area contributed by atoms with Crippen LogP contribution in [0.2, 0.25) is 0 Å². The van der Waals surface area contributed by atoms with Crippen LogP contribution in [-0.2, 0) is 22.8 Å². The summed E-state index contributed by atoms with van der Waals surface area (Å²) < 4.78 is 17.0. The third kappa shape index (κ3) is 6.56. The van der Waals surface area contributed by atoms with Crippen LogP contribution in [0.1, 0.15) is 62.3 Å². The smallest absolute Gasteiger partial charge is 0.168 e. The second kappa shape index (κ2) is 12.7. The second-order valence-corrected chi connectivity index (χ2v) is 9.57. The van der Waals surface area contributed by atoms with Crippen LogP contribution in [0.4, 0.5) is 5.69 Å². The number of aromatic nitrogens is 1. The Morgan fingerprint density at radius 1 is 0.889 bits per heavy atom. The highest BCUT2D eigenvalue weighted by Crippen LogP contribution is 2.40. The Hall–Kier alpha value is -3.09. The number of rotatable bonds is 11. The first-order chi connectivity index (χ1) is 17.6. The molecule has 0 bridgehead atoms. The zero-order valence-electron chi connectivity index (χ0n) is 21.9. The van der Waals surface area contributed by atoms with Crippen molar-refractivity contribution in [1.82, 2.24) is 4.98 Å². The van der Waals surface area contributed by atoms with Crippen molar-refractivity contribution in [3.63, 3.8) is 0 Å². The standard InChI is InChI=1S/C30H38N2O4/c1-22(2)36-27-16-12-25(13-17-27)24-10-14-26(15-11-24)32(35-20-23-8-6-5-7-9-23)29-18-19-31-28(21-33-3)30(29)34-4/h5-9,12-13,16-19,22,24,26H,10-11,14-15,20-21H2,1-4H3/t24-,26+. The maximum Gasteiger partial charge on any atom is 0.168 e. The average Bonchev–Trinajstić information content (AvgIpc) is 2.90. The normalized spacial score (nSPS) is 17.7. The van der Waals surface area contributed by atoms with Gasteiger partial charge in [0.2, 0.25) is 0 Å². The van der Waals surface area contributed by atoms with Crippen LogP contribution < -0.4 is 14.5 Å². The van der Waals surface area contributed by atoms with Crippen molar-refractivity contribution in [3.05, 3.63) is 83.7 Å². The van der Waals surface area contributed by atoms with E-state index in [1.165, 1.54) is 5.56 Å². The van der Waals surface area contributed by atoms with Crippen LogP contribution in [0.3, 0.4) is 0 Å². The van der Waals surface area contributed by atoms with Crippen molar-refractivity contribution < 1.29 is 19.0 Å². The summed E-state index contributed by atoms with van der Waals surface area (Å²) in [7, 11) is 3.35. The molecule has 1 aliphatic rings. The lowest BCUT2D eigenvalue weighted by Gasteiger charge is -2.38. The van der Waals surface area contributed by atoms with Gasteiger partial charge in [-0.2, -0.15) is 0 Å². The fraction of sp³-hybridized carbons (Fsp3) is 0.433. The predicted octanol–water partition coefficient (Wildman–Crippen LogP) is 6.69. The topological polar surface area (TPSA) is 53.1 Å². The molecule has 0 atom stereocenters. The third-order valence-electron chi connectivity index (χ3n) is 6.64. The van der Waals surface area contributed by atoms with E-state index in [0.717, 1.165) is 48.4 Å². The van der Waals surface area contributed by atoms with Crippen LogP contribution in [0.5, 0.6) is 11.5 Å². The lowest BCUT2D eigenvalue weighted by molar-refractivity contribution is 0.0611. The number of methoxy groups -OCH3 is 2. The van der Waals surface area contributed by atoms with Gasteiger partial charge in [0.05, 0.1) is 32.5 Å². The van der Waals surface area contributed by atoms with E-state index < -0.39 is 0 Å². The van der Waals surface area contributed by atoms with E-state index in [1.807, 2.05) is 24.3 Å². The molecule has 0 saturated heterocycles. The highest BCUT2D eigenvalue weighted by molar-refractivity contribution is 5.59. The van der Waals surface area contributed by atoms with Crippen LogP contribution in [-0.4, -0.2) is 31.3 Å². The zero-order chi connectivity index (χ0) is 25.3. The highest BCUT2D eigenvalue weighted by Gasteiger charge is 2.30. The maximum absolute atomic E-state index is 6.49. The molecule has 4 rings (SSSR count). The first-order valence-corrected chi connectivity index (χ1v) is 12.8. The zero-order valence-corrected chi connectivity index (χ0v) is 21.9. The molecular formula is C30H38N2O4. The molecule has 1 saturated carbocycles. The molecule has 0 radical (unpaired) electrons. The number of pyridine rings is 1. The molecule has 0 amide bonds. The molecule has 1 heterocycles. The van der Waals surface area contributed by atoms with Gasteiger partial charge < -0.3 is 14.2 Å². The van der Waals surface area contributed by atoms with E-state index in [2.05, 4.69) is 60.3 Å². The Bertz CT molecular complexity index is 1060. The Morgan fingerprint density at radius 3 is 2.25 bits per heavy atom. The number of benzene rings is 2. The summed E-state index contributed by atoms with van der Waals surface area (Å²) >= 11 is 0. The van der Waals surface area contributed by atoms with Gasteiger partial charge in [-0.15, -0.1) is 0 Å². The Morgan fingerprint density at radius 2 is 1.61 bits per heavy atom. The van der Waals surface area contributed by atoms with Crippen LogP contribution >= 0.6 is 0 Å². The summed E-state index contributed by atoms with van der Waals surface area (Å²) in [5, 5.41) is 2.06. The first kappa shape index (κ1) is 26.0. The third-order valence-corrected chi connectivity index (χ3v) is 6.64. The summed E-state index contributed by atoms with van der Waals surface area (Å²) in [6, 6.07) is 21.1. The van der Waals surface area contributed by atoms with Gasteiger partial charge in [-0.25, -0.2) is 5.06 Å². The monoisotopic (exact) mass is 490 g/mol. The molecule has 0 aliphatic heterocycles. The van der Waals surface area contributed by atoms with Crippen LogP contribution in [0, 0.1) is 0 Å². The van der Waals surface area contributed by atoms with Crippen molar-refractivity contribution in [2.24, 2.45) is 0 Å². The van der Waals surface area contributed by atoms with Crippen molar-refractivity contribution >= 4 is 5.69 Å². The van der Waals surface area contributed by atoms with Gasteiger partial charge in [0, 0.05) is 13.3 Å². The molecule has 6 nitrogen and oxygen atoms in total. The molecule has 1 aromatic heterocycles. The van der Waals surface area contributed by atoms with Crippen LogP contribution in [0.25, 0.3) is 0 Å². The summed E-state index contributed by atoms with van der Waals surface area (Å²) in [5.74, 6) is 2.17. The molecule has 0 spiro atoms. The fourth-order valence-corrected chi connectivity index (χ4v) is 4.94. The van der Waals surface area contributed by atoms with Gasteiger partial charge in [-0.05, 0) is 74.8 Å². The quantitative estimate of drug-likeness (QED) is 0.279. The first-order valence-electron chi connectivity index (χ1n) is 12.8. The minimum atomic E-state index is 0.183. The number of hydrogen-bond acceptors (Lipinski definition) is 6. The van der Waals surface area contributed by atoms with Gasteiger partial charge in [0.15, 0.2) is 5.75 Å². The van der Waals surface area contributed by atoms with Gasteiger partial charge in [0.1, 0.15) is 17.1 Å². The SMILES string of the molecule is COCc1nccc(N(OCc2ccccc2)[C@H]2CC[C@@H](c3ccc(OC(C)C)cc3)CC2)c1OC. The van der Waals surface area contributed by atoms with E-state index in [1.54, 1.807) is 20.4 Å². The largest absolute Gasteiger partial charge is 0.492 e. The Kier molecular flexibility index (Phi) is 9.20. The molecule has 36 heavy (non-hydrogen) atoms. The molecule has 1 fully saturated rings. The number of anilines is 1. The summed E-state index contributed by atoms with van der Waals surface area (Å²) in [5.41, 5.74) is 4.17. The highest BCUT2D eigenvalue weighted by atomic mass is 16.7. The van der Waals surface area contributed by atoms with Crippen molar-refractivity contribution in [2.75, 3.05) is 19.3 Å². The van der Waals surface area contributed by atoms with E-state index in [0.29, 0.717) is 24.9 Å². The van der Waals surface area contributed by atoms with Crippen molar-refractivity contribution in [1.29, 1.82) is 0 Å². The summed E-state index contributed by atoms with van der Waals surface area (Å²) in [4.78, 5) is 11.0. The van der Waals surface area contributed by atoms with Gasteiger partial charge in [-0.3, -0.25) is 9.82 Å². The van der Waals surface area contributed by atoms with Gasteiger partial charge in [0.25, 0.3) is 0 Å². The lowest BCUT2D eigenvalue weighted by Crippen LogP contribution is -2.38. The van der Waals surface area contributed by atoms with E-state index in [-0.39, 0.29) is 12.1 Å². The molecule has 0 N–H and O–H groups in total. The predicted molar refractivity (Wildman–Crippen MR) is 142 cm³/mol. The van der Waals surface area contributed by atoms with Crippen molar-refractivity contribution in [3.8, 4) is 11.5 Å². The van der Waals surface area contributed by atoms with Crippen molar-refractivity contribution in [2.45, 2.75) is 70.8 Å². The molecule has 1 aliphatic carbocycles. The molecule has 2 aromatic carbocycles. The minimum Gasteiger partial charge on any atom is -0.492 e. The lowest BCUT2D eigenvalue weighted by atomic mass is 9.81. The molecule has 6 heteroatoms. The second-order valence-electron chi connectivity index (χ2n) is 9.57. The Labute approximate surface area is 215 Å². The molecule has 0 unspecified atom stereocenters. The van der Waals surface area contributed by atoms with E-state index in [4.69, 9.17) is 19.0 Å². The molecular weight excluding hydrogens is 452 g/mol. The number of nitrogens with zero attached hydrogens (tertiary/aromatic N) is 2. The fourth-order valence-electron chi connectivity index (χ4n) is 4.94. The summed E-state index contributed by atoms with van der Waals surface area (Å²) in [6.07, 6.45) is 6.22. The maximum atomic E-state index is 6.49. The van der Waals surface area contributed by atoms with E-state index in [9.17, 15) is 0 Å². The molecule has 192 valence electrons. The summed E-state index contributed by atoms with van der Waals surface area (Å²) in [6.45, 7) is 4.98. The van der Waals surface area contributed by atoms with Gasteiger partial charge in [-0.1, -0.05) is 42.5 Å². The molecule has 3 aromatic rings. The van der Waals surface area contributed by atoms with E-state index >= 15 is 0 Å². The number of ether oxygens (including phenoxy) is 3. The van der Waals surface area contributed by atoms with Crippen LogP contribution in [0.15, 0.2) is 66.9 Å². The Balaban J connectivity index is 1.51. The number of hydroxylamine groups is 1.